The van der Waals surface area contributed by atoms with E-state index in [4.69, 9.17) is 0 Å². The molecule has 2 aliphatic heterocycles. The molecule has 0 radical (unpaired) electrons. The number of phenolic OH excluding ortho intramolecular Hbond substituents is 1. The van der Waals surface area contributed by atoms with Gasteiger partial charge in [-0.1, -0.05) is 42.5 Å². The lowest BCUT2D eigenvalue weighted by Gasteiger charge is -2.32. The molecule has 27 heavy (non-hydrogen) atoms. The van der Waals surface area contributed by atoms with E-state index in [-0.39, 0.29) is 11.7 Å². The van der Waals surface area contributed by atoms with Crippen LogP contribution in [-0.2, 0) is 11.3 Å². The molecule has 5 nitrogen and oxygen atoms in total. The lowest BCUT2D eigenvalue weighted by molar-refractivity contribution is -0.917. The van der Waals surface area contributed by atoms with Gasteiger partial charge in [0, 0.05) is 5.56 Å². The highest BCUT2D eigenvalue weighted by molar-refractivity contribution is 8.18. The van der Waals surface area contributed by atoms with Crippen molar-refractivity contribution in [3.8, 4) is 5.75 Å². The van der Waals surface area contributed by atoms with Crippen LogP contribution in [0.2, 0.25) is 0 Å². The van der Waals surface area contributed by atoms with Crippen LogP contribution in [-0.4, -0.2) is 47.3 Å². The Bertz CT molecular complexity index is 870. The molecular formula is C21H22N3O2S+. The normalized spacial score (nSPS) is 19.6. The Balaban J connectivity index is 1.34. The van der Waals surface area contributed by atoms with Crippen LogP contribution in [0.1, 0.15) is 11.1 Å². The Hall–Kier alpha value is -2.57. The summed E-state index contributed by atoms with van der Waals surface area (Å²) in [6.07, 6.45) is 1.83. The Morgan fingerprint density at radius 3 is 2.48 bits per heavy atom. The van der Waals surface area contributed by atoms with E-state index in [0.717, 1.165) is 43.5 Å². The molecule has 0 spiro atoms. The summed E-state index contributed by atoms with van der Waals surface area (Å²) in [5.74, 6) is 0.0394. The monoisotopic (exact) mass is 380 g/mol. The minimum atomic E-state index is -0.179. The molecule has 2 N–H and O–H groups in total. The van der Waals surface area contributed by atoms with E-state index >= 15 is 0 Å². The molecule has 2 aromatic carbocycles. The number of piperazine rings is 1. The fourth-order valence-corrected chi connectivity index (χ4v) is 4.30. The van der Waals surface area contributed by atoms with Gasteiger partial charge in [0.1, 0.15) is 12.3 Å². The quantitative estimate of drug-likeness (QED) is 0.797. The lowest BCUT2D eigenvalue weighted by atomic mass is 10.2. The van der Waals surface area contributed by atoms with Gasteiger partial charge in [-0.05, 0) is 35.5 Å². The van der Waals surface area contributed by atoms with Gasteiger partial charge >= 0.3 is 0 Å². The molecule has 1 saturated heterocycles. The van der Waals surface area contributed by atoms with Crippen LogP contribution in [0.5, 0.6) is 5.75 Å². The van der Waals surface area contributed by atoms with Crippen LogP contribution in [0.4, 0.5) is 0 Å². The van der Waals surface area contributed by atoms with Crippen molar-refractivity contribution in [1.82, 2.24) is 4.90 Å². The first-order chi connectivity index (χ1) is 13.2. The fourth-order valence-electron chi connectivity index (χ4n) is 3.33. The number of phenols is 1. The lowest BCUT2D eigenvalue weighted by Crippen LogP contribution is -3.13. The van der Waals surface area contributed by atoms with Crippen LogP contribution in [0, 0.1) is 0 Å². The maximum absolute atomic E-state index is 12.2. The summed E-state index contributed by atoms with van der Waals surface area (Å²) in [6, 6.07) is 17.4. The Kier molecular flexibility index (Phi) is 5.27. The second-order valence-corrected chi connectivity index (χ2v) is 7.81. The maximum atomic E-state index is 12.2. The minimum absolute atomic E-state index is 0.179. The average Bonchev–Trinajstić information content (AvgIpc) is 3.05. The van der Waals surface area contributed by atoms with Crippen molar-refractivity contribution < 1.29 is 14.8 Å². The molecule has 0 bridgehead atoms. The molecular weight excluding hydrogens is 358 g/mol. The SMILES string of the molecule is O=C1N=C(N2CC[NH+](Cc3ccccc3)CC2)S/C1=C/c1ccc(O)cc1. The molecule has 1 amide bonds. The van der Waals surface area contributed by atoms with Gasteiger partial charge in [-0.3, -0.25) is 4.79 Å². The summed E-state index contributed by atoms with van der Waals surface area (Å²) >= 11 is 1.45. The van der Waals surface area contributed by atoms with Crippen LogP contribution in [0.25, 0.3) is 6.08 Å². The molecule has 2 heterocycles. The molecule has 6 heteroatoms. The number of aromatic hydroxyl groups is 1. The molecule has 0 aliphatic carbocycles. The van der Waals surface area contributed by atoms with Gasteiger partial charge in [0.15, 0.2) is 5.17 Å². The van der Waals surface area contributed by atoms with Gasteiger partial charge in [0.05, 0.1) is 31.1 Å². The molecule has 0 saturated carbocycles. The first-order valence-corrected chi connectivity index (χ1v) is 9.93. The van der Waals surface area contributed by atoms with Crippen LogP contribution in [0.3, 0.4) is 0 Å². The number of thioether (sulfide) groups is 1. The van der Waals surface area contributed by atoms with E-state index in [1.54, 1.807) is 29.2 Å². The first kappa shape index (κ1) is 17.8. The van der Waals surface area contributed by atoms with Crippen molar-refractivity contribution in [2.75, 3.05) is 26.2 Å². The summed E-state index contributed by atoms with van der Waals surface area (Å²) in [5, 5.41) is 10.2. The molecule has 1 fully saturated rings. The van der Waals surface area contributed by atoms with Gasteiger partial charge in [0.25, 0.3) is 5.91 Å². The predicted octanol–water partition coefficient (Wildman–Crippen LogP) is 1.76. The van der Waals surface area contributed by atoms with Crippen molar-refractivity contribution >= 4 is 28.9 Å². The molecule has 2 aliphatic rings. The third kappa shape index (κ3) is 4.40. The fraction of sp³-hybridized carbons (Fsp3) is 0.238. The third-order valence-corrected chi connectivity index (χ3v) is 5.88. The Morgan fingerprint density at radius 1 is 1.07 bits per heavy atom. The number of aliphatic imine (C=N–C) groups is 1. The zero-order chi connectivity index (χ0) is 18.6. The number of hydrogen-bond donors (Lipinski definition) is 2. The van der Waals surface area contributed by atoms with Crippen molar-refractivity contribution in [2.24, 2.45) is 4.99 Å². The van der Waals surface area contributed by atoms with Crippen LogP contribution >= 0.6 is 11.8 Å². The number of benzene rings is 2. The van der Waals surface area contributed by atoms with Crippen molar-refractivity contribution in [1.29, 1.82) is 0 Å². The van der Waals surface area contributed by atoms with Crippen LogP contribution < -0.4 is 4.90 Å². The number of quaternary nitrogens is 1. The largest absolute Gasteiger partial charge is 0.508 e. The molecule has 0 unspecified atom stereocenters. The summed E-state index contributed by atoms with van der Waals surface area (Å²) in [7, 11) is 0. The highest BCUT2D eigenvalue weighted by atomic mass is 32.2. The highest BCUT2D eigenvalue weighted by Crippen LogP contribution is 2.30. The van der Waals surface area contributed by atoms with E-state index in [1.807, 2.05) is 12.1 Å². The van der Waals surface area contributed by atoms with E-state index < -0.39 is 0 Å². The van der Waals surface area contributed by atoms with E-state index in [9.17, 15) is 9.90 Å². The van der Waals surface area contributed by atoms with E-state index in [0.29, 0.717) is 4.91 Å². The van der Waals surface area contributed by atoms with Gasteiger partial charge in [-0.25, -0.2) is 0 Å². The second-order valence-electron chi connectivity index (χ2n) is 6.80. The number of rotatable bonds is 3. The number of carbonyl (C=O) groups is 1. The van der Waals surface area contributed by atoms with Gasteiger partial charge < -0.3 is 14.9 Å². The van der Waals surface area contributed by atoms with Crippen molar-refractivity contribution in [3.63, 3.8) is 0 Å². The molecule has 0 aromatic heterocycles. The summed E-state index contributed by atoms with van der Waals surface area (Å²) in [5.41, 5.74) is 2.25. The van der Waals surface area contributed by atoms with Crippen LogP contribution in [0.15, 0.2) is 64.5 Å². The van der Waals surface area contributed by atoms with Crippen molar-refractivity contribution in [2.45, 2.75) is 6.54 Å². The standard InChI is InChI=1S/C21H21N3O2S/c25-18-8-6-16(7-9-18)14-19-20(26)22-21(27-19)24-12-10-23(11-13-24)15-17-4-2-1-3-5-17/h1-9,14,25H,10-13,15H2/p+1/b19-14+. The second kappa shape index (κ2) is 7.98. The topological polar surface area (TPSA) is 57.3 Å². The highest BCUT2D eigenvalue weighted by Gasteiger charge is 2.29. The minimum Gasteiger partial charge on any atom is -0.508 e. The average molecular weight is 380 g/mol. The smallest absolute Gasteiger partial charge is 0.286 e. The molecule has 2 aromatic rings. The van der Waals surface area contributed by atoms with Gasteiger partial charge in [-0.15, -0.1) is 0 Å². The number of hydrogen-bond acceptors (Lipinski definition) is 4. The zero-order valence-corrected chi connectivity index (χ0v) is 15.8. The summed E-state index contributed by atoms with van der Waals surface area (Å²) in [6.45, 7) is 4.94. The number of nitrogens with one attached hydrogen (secondary N) is 1. The summed E-state index contributed by atoms with van der Waals surface area (Å²) < 4.78 is 0. The number of amidine groups is 1. The Labute approximate surface area is 163 Å². The van der Waals surface area contributed by atoms with E-state index in [2.05, 4.69) is 34.2 Å². The number of carbonyl (C=O) groups excluding carboxylic acids is 1. The predicted molar refractivity (Wildman–Crippen MR) is 109 cm³/mol. The third-order valence-electron chi connectivity index (χ3n) is 4.84. The molecule has 138 valence electrons. The van der Waals surface area contributed by atoms with E-state index in [1.165, 1.54) is 17.3 Å². The molecule has 0 atom stereocenters. The van der Waals surface area contributed by atoms with Crippen molar-refractivity contribution in [3.05, 3.63) is 70.6 Å². The Morgan fingerprint density at radius 2 is 1.78 bits per heavy atom. The summed E-state index contributed by atoms with van der Waals surface area (Å²) in [4.78, 5) is 20.9. The molecule has 4 rings (SSSR count). The number of amides is 1. The number of nitrogens with zero attached hydrogens (tertiary/aromatic N) is 2. The first-order valence-electron chi connectivity index (χ1n) is 9.11. The van der Waals surface area contributed by atoms with Gasteiger partial charge in [-0.2, -0.15) is 4.99 Å². The van der Waals surface area contributed by atoms with Gasteiger partial charge in [0.2, 0.25) is 0 Å². The maximum Gasteiger partial charge on any atom is 0.286 e. The zero-order valence-electron chi connectivity index (χ0n) is 15.0.